The van der Waals surface area contributed by atoms with Crippen molar-refractivity contribution < 1.29 is 13.9 Å². The molecule has 0 aliphatic carbocycles. The van der Waals surface area contributed by atoms with Crippen LogP contribution >= 0.6 is 22.2 Å². The van der Waals surface area contributed by atoms with Crippen LogP contribution in [0.25, 0.3) is 33.4 Å². The molecule has 2 N–H and O–H groups in total. The topological polar surface area (TPSA) is 89.8 Å². The van der Waals surface area contributed by atoms with Crippen molar-refractivity contribution >= 4 is 39.1 Å². The number of aromatic nitrogens is 2. The van der Waals surface area contributed by atoms with Crippen molar-refractivity contribution in [1.29, 1.82) is 0 Å². The van der Waals surface area contributed by atoms with Gasteiger partial charge in [-0.1, -0.05) is 41.9 Å². The second kappa shape index (κ2) is 11.1. The van der Waals surface area contributed by atoms with Crippen LogP contribution in [-0.2, 0) is 6.54 Å². The summed E-state index contributed by atoms with van der Waals surface area (Å²) in [6, 6.07) is 17.9. The lowest BCUT2D eigenvalue weighted by atomic mass is 10.0. The Kier molecular flexibility index (Phi) is 7.54. The highest BCUT2D eigenvalue weighted by Crippen LogP contribution is 2.41. The molecule has 1 amide bonds. The number of carbonyl (C=O) groups excluding carboxylic acids is 1. The van der Waals surface area contributed by atoms with Gasteiger partial charge in [-0.05, 0) is 60.7 Å². The van der Waals surface area contributed by atoms with Crippen LogP contribution in [0, 0.1) is 6.92 Å². The van der Waals surface area contributed by atoms with Crippen LogP contribution in [0.5, 0.6) is 0 Å². The Morgan fingerprint density at radius 3 is 2.45 bits per heavy atom. The third kappa shape index (κ3) is 5.60. The highest BCUT2D eigenvalue weighted by molar-refractivity contribution is 8.24. The molecule has 0 atom stereocenters. The summed E-state index contributed by atoms with van der Waals surface area (Å²) in [5.74, 6) is 0.929. The van der Waals surface area contributed by atoms with Crippen LogP contribution in [0.3, 0.4) is 0 Å². The van der Waals surface area contributed by atoms with E-state index in [1.165, 1.54) is 0 Å². The highest BCUT2D eigenvalue weighted by atomic mass is 35.5. The number of fused-ring (bicyclic) bond motifs is 1. The summed E-state index contributed by atoms with van der Waals surface area (Å²) < 4.78 is 19.8. The number of carbonyl (C=O) groups is 1. The maximum absolute atomic E-state index is 12.9. The second-order valence-corrected chi connectivity index (χ2v) is 13.6. The van der Waals surface area contributed by atoms with E-state index >= 15 is 0 Å². The third-order valence-corrected chi connectivity index (χ3v) is 9.97. The minimum Gasteiger partial charge on any atom is -0.339 e. The van der Waals surface area contributed by atoms with Gasteiger partial charge in [-0.25, -0.2) is 4.98 Å². The largest absolute Gasteiger partial charge is 0.339 e. The number of nitrogens with zero attached hydrogens (tertiary/aromatic N) is 4. The van der Waals surface area contributed by atoms with E-state index in [1.54, 1.807) is 6.20 Å². The molecule has 2 saturated heterocycles. The number of rotatable bonds is 5. The van der Waals surface area contributed by atoms with Gasteiger partial charge in [0, 0.05) is 54.4 Å². The van der Waals surface area contributed by atoms with Crippen LogP contribution in [0.4, 0.5) is 0 Å². The minimum absolute atomic E-state index is 0.102. The molecule has 9 heteroatoms. The standard InChI is InChI=1S/C31H33ClN4O3S/c1-21-17-23(9-10-25(21)31(37)36-11-2-3-12-36)29-19-33-28-6-4-5-26(30(28)34-29)22-7-8-24(27(32)18-22)20-35-13-15-40(38,39)16-14-35/h4-10,17-19,38-39H,2-3,11-16,20H2,1H3. The summed E-state index contributed by atoms with van der Waals surface area (Å²) in [5, 5.41) is 0.671. The Balaban J connectivity index is 1.28. The molecule has 2 fully saturated rings. The molecule has 6 rings (SSSR count). The molecule has 4 aromatic rings. The molecule has 208 valence electrons. The SMILES string of the molecule is Cc1cc(-c2cnc3cccc(-c4ccc(CN5CCS(O)(O)CC5)c(Cl)c4)c3n2)ccc1C(=O)N1CCCC1. The fourth-order valence-corrected chi connectivity index (χ4v) is 7.11. The van der Waals surface area contributed by atoms with E-state index in [2.05, 4.69) is 11.0 Å². The number of amides is 1. The zero-order valence-corrected chi connectivity index (χ0v) is 24.1. The lowest BCUT2D eigenvalue weighted by Gasteiger charge is -2.41. The number of hydrogen-bond donors (Lipinski definition) is 2. The Morgan fingerprint density at radius 2 is 1.73 bits per heavy atom. The van der Waals surface area contributed by atoms with Gasteiger partial charge in [-0.15, -0.1) is 0 Å². The second-order valence-electron chi connectivity index (χ2n) is 10.8. The number of aryl methyl sites for hydroxylation is 1. The molecular weight excluding hydrogens is 544 g/mol. The fraction of sp³-hybridized carbons (Fsp3) is 0.323. The first-order valence-corrected chi connectivity index (χ1v) is 15.9. The van der Waals surface area contributed by atoms with Crippen molar-refractivity contribution in [2.75, 3.05) is 37.7 Å². The van der Waals surface area contributed by atoms with E-state index in [0.717, 1.165) is 76.0 Å². The number of halogens is 1. The van der Waals surface area contributed by atoms with Crippen molar-refractivity contribution in [1.82, 2.24) is 19.8 Å². The van der Waals surface area contributed by atoms with Gasteiger partial charge in [0.15, 0.2) is 0 Å². The first kappa shape index (κ1) is 27.2. The van der Waals surface area contributed by atoms with Crippen LogP contribution in [0.1, 0.15) is 34.3 Å². The normalized spacial score (nSPS) is 18.2. The van der Waals surface area contributed by atoms with Gasteiger partial charge in [0.1, 0.15) is 0 Å². The van der Waals surface area contributed by atoms with Gasteiger partial charge in [0.25, 0.3) is 5.91 Å². The summed E-state index contributed by atoms with van der Waals surface area (Å²) in [5.41, 5.74) is 7.86. The Bertz CT molecular complexity index is 1580. The van der Waals surface area contributed by atoms with Crippen molar-refractivity contribution in [2.45, 2.75) is 26.3 Å². The third-order valence-electron chi connectivity index (χ3n) is 7.95. The average Bonchev–Trinajstić information content (AvgIpc) is 3.49. The van der Waals surface area contributed by atoms with E-state index in [4.69, 9.17) is 21.6 Å². The van der Waals surface area contributed by atoms with Crippen molar-refractivity contribution in [2.24, 2.45) is 0 Å². The molecule has 0 saturated carbocycles. The Hall–Kier alpha value is -3.01. The van der Waals surface area contributed by atoms with Gasteiger partial charge in [0.05, 0.1) is 34.4 Å². The minimum atomic E-state index is -2.42. The van der Waals surface area contributed by atoms with Gasteiger partial charge < -0.3 is 4.90 Å². The van der Waals surface area contributed by atoms with Gasteiger partial charge in [-0.3, -0.25) is 23.8 Å². The van der Waals surface area contributed by atoms with Crippen LogP contribution in [0.15, 0.2) is 60.8 Å². The maximum Gasteiger partial charge on any atom is 0.254 e. The molecule has 0 spiro atoms. The maximum atomic E-state index is 12.9. The molecule has 0 bridgehead atoms. The van der Waals surface area contributed by atoms with Crippen molar-refractivity contribution in [3.05, 3.63) is 82.5 Å². The van der Waals surface area contributed by atoms with Gasteiger partial charge in [0.2, 0.25) is 0 Å². The van der Waals surface area contributed by atoms with E-state index in [-0.39, 0.29) is 5.91 Å². The summed E-state index contributed by atoms with van der Waals surface area (Å²) in [6.45, 7) is 5.60. The lowest BCUT2D eigenvalue weighted by molar-refractivity contribution is 0.0792. The summed E-state index contributed by atoms with van der Waals surface area (Å²) in [7, 11) is -2.42. The summed E-state index contributed by atoms with van der Waals surface area (Å²) in [6.07, 6.45) is 3.93. The highest BCUT2D eigenvalue weighted by Gasteiger charge is 2.23. The molecule has 2 aliphatic heterocycles. The number of likely N-dealkylation sites (tertiary alicyclic amines) is 1. The molecule has 3 aromatic carbocycles. The predicted octanol–water partition coefficient (Wildman–Crippen LogP) is 6.73. The van der Waals surface area contributed by atoms with Gasteiger partial charge >= 0.3 is 0 Å². The molecule has 1 aromatic heterocycles. The molecule has 0 unspecified atom stereocenters. The average molecular weight is 577 g/mol. The number of benzene rings is 3. The molecule has 40 heavy (non-hydrogen) atoms. The smallest absolute Gasteiger partial charge is 0.254 e. The predicted molar refractivity (Wildman–Crippen MR) is 163 cm³/mol. The van der Waals surface area contributed by atoms with E-state index in [9.17, 15) is 13.9 Å². The molecular formula is C31H33ClN4O3S. The van der Waals surface area contributed by atoms with Gasteiger partial charge in [-0.2, -0.15) is 10.6 Å². The van der Waals surface area contributed by atoms with Crippen LogP contribution in [-0.4, -0.2) is 72.5 Å². The van der Waals surface area contributed by atoms with E-state index in [0.29, 0.717) is 36.2 Å². The van der Waals surface area contributed by atoms with Crippen LogP contribution < -0.4 is 0 Å². The molecule has 2 aliphatic rings. The van der Waals surface area contributed by atoms with Crippen molar-refractivity contribution in [3.63, 3.8) is 0 Å². The fourth-order valence-electron chi connectivity index (χ4n) is 5.57. The summed E-state index contributed by atoms with van der Waals surface area (Å²) in [4.78, 5) is 26.8. The number of hydrogen-bond acceptors (Lipinski definition) is 6. The van der Waals surface area contributed by atoms with Crippen molar-refractivity contribution in [3.8, 4) is 22.4 Å². The monoisotopic (exact) mass is 576 g/mol. The first-order valence-electron chi connectivity index (χ1n) is 13.7. The zero-order chi connectivity index (χ0) is 27.9. The van der Waals surface area contributed by atoms with E-state index < -0.39 is 10.6 Å². The molecule has 3 heterocycles. The zero-order valence-electron chi connectivity index (χ0n) is 22.5. The van der Waals surface area contributed by atoms with E-state index in [1.807, 2.05) is 60.4 Å². The Labute approximate surface area is 241 Å². The number of para-hydroxylation sites is 1. The summed E-state index contributed by atoms with van der Waals surface area (Å²) >= 11 is 6.75. The first-order chi connectivity index (χ1) is 19.3. The van der Waals surface area contributed by atoms with Crippen LogP contribution in [0.2, 0.25) is 5.02 Å². The quantitative estimate of drug-likeness (QED) is 0.274. The molecule has 7 nitrogen and oxygen atoms in total. The Morgan fingerprint density at radius 1 is 0.975 bits per heavy atom. The lowest BCUT2D eigenvalue weighted by Crippen LogP contribution is -2.37. The molecule has 0 radical (unpaired) electrons.